The van der Waals surface area contributed by atoms with Crippen LogP contribution in [0.15, 0.2) is 30.6 Å². The van der Waals surface area contributed by atoms with Crippen LogP contribution in [0.3, 0.4) is 0 Å². The molecule has 7 heteroatoms. The number of benzene rings is 1. The molecule has 1 fully saturated rings. The van der Waals surface area contributed by atoms with Gasteiger partial charge in [0.15, 0.2) is 0 Å². The van der Waals surface area contributed by atoms with Crippen molar-refractivity contribution in [3.63, 3.8) is 0 Å². The lowest BCUT2D eigenvalue weighted by Crippen LogP contribution is -2.50. The normalized spacial score (nSPS) is 19.2. The SMILES string of the molecule is OC1(C(O)(Cc2ccccc2Cl)Cn2[nH]cnc2=S)CC1. The third-order valence-electron chi connectivity index (χ3n) is 4.07. The van der Waals surface area contributed by atoms with E-state index in [4.69, 9.17) is 23.8 Å². The first-order chi connectivity index (χ1) is 9.94. The molecule has 1 atom stereocenters. The van der Waals surface area contributed by atoms with Gasteiger partial charge in [-0.25, -0.2) is 4.98 Å². The van der Waals surface area contributed by atoms with Crippen molar-refractivity contribution in [3.05, 3.63) is 45.9 Å². The highest BCUT2D eigenvalue weighted by atomic mass is 35.5. The third-order valence-corrected chi connectivity index (χ3v) is 4.76. The smallest absolute Gasteiger partial charge is 0.215 e. The molecule has 0 spiro atoms. The van der Waals surface area contributed by atoms with Crippen LogP contribution in [-0.4, -0.2) is 36.2 Å². The van der Waals surface area contributed by atoms with Gasteiger partial charge in [0.25, 0.3) is 0 Å². The van der Waals surface area contributed by atoms with E-state index in [0.717, 1.165) is 5.56 Å². The predicted molar refractivity (Wildman–Crippen MR) is 81.7 cm³/mol. The second kappa shape index (κ2) is 5.21. The number of rotatable bonds is 5. The van der Waals surface area contributed by atoms with Crippen molar-refractivity contribution in [1.82, 2.24) is 14.8 Å². The Bertz CT molecular complexity index is 710. The van der Waals surface area contributed by atoms with Gasteiger partial charge in [0, 0.05) is 11.4 Å². The number of aromatic nitrogens is 3. The van der Waals surface area contributed by atoms with E-state index in [0.29, 0.717) is 22.6 Å². The molecule has 0 amide bonds. The molecule has 0 saturated heterocycles. The van der Waals surface area contributed by atoms with Crippen molar-refractivity contribution in [2.24, 2.45) is 0 Å². The summed E-state index contributed by atoms with van der Waals surface area (Å²) in [7, 11) is 0. The highest BCUT2D eigenvalue weighted by Gasteiger charge is 2.58. The van der Waals surface area contributed by atoms with Gasteiger partial charge in [-0.15, -0.1) is 0 Å². The number of H-pyrrole nitrogens is 1. The quantitative estimate of drug-likeness (QED) is 0.736. The van der Waals surface area contributed by atoms with E-state index < -0.39 is 11.2 Å². The standard InChI is InChI=1S/C14H16ClN3O2S/c15-11-4-2-1-3-10(11)7-14(20,13(19)5-6-13)8-18-12(21)16-9-17-18/h1-4,9,19-20H,5-8H2,(H,16,17,21). The predicted octanol–water partition coefficient (Wildman–Crippen LogP) is 2.09. The molecule has 0 bridgehead atoms. The van der Waals surface area contributed by atoms with Crippen LogP contribution < -0.4 is 0 Å². The van der Waals surface area contributed by atoms with E-state index in [-0.39, 0.29) is 13.0 Å². The molecule has 2 aromatic rings. The van der Waals surface area contributed by atoms with Crippen LogP contribution in [0, 0.1) is 4.77 Å². The molecule has 1 aliphatic carbocycles. The van der Waals surface area contributed by atoms with Crippen molar-refractivity contribution in [3.8, 4) is 0 Å². The van der Waals surface area contributed by atoms with E-state index in [9.17, 15) is 10.2 Å². The molecular weight excluding hydrogens is 310 g/mol. The highest BCUT2D eigenvalue weighted by molar-refractivity contribution is 7.71. The van der Waals surface area contributed by atoms with Gasteiger partial charge in [-0.1, -0.05) is 29.8 Å². The second-order valence-corrected chi connectivity index (χ2v) is 6.36. The summed E-state index contributed by atoms with van der Waals surface area (Å²) >= 11 is 11.3. The number of hydrogen-bond acceptors (Lipinski definition) is 4. The Balaban J connectivity index is 1.93. The minimum Gasteiger partial charge on any atom is -0.387 e. The first-order valence-electron chi connectivity index (χ1n) is 6.72. The zero-order valence-electron chi connectivity index (χ0n) is 11.3. The number of aromatic amines is 1. The van der Waals surface area contributed by atoms with Gasteiger partial charge in [0.05, 0.1) is 12.1 Å². The van der Waals surface area contributed by atoms with E-state index in [1.54, 1.807) is 10.7 Å². The van der Waals surface area contributed by atoms with Crippen LogP contribution in [-0.2, 0) is 13.0 Å². The number of nitrogens with zero attached hydrogens (tertiary/aromatic N) is 2. The van der Waals surface area contributed by atoms with Crippen LogP contribution in [0.25, 0.3) is 0 Å². The van der Waals surface area contributed by atoms with Crippen LogP contribution >= 0.6 is 23.8 Å². The van der Waals surface area contributed by atoms with Crippen molar-refractivity contribution in [2.45, 2.75) is 37.0 Å². The second-order valence-electron chi connectivity index (χ2n) is 5.59. The summed E-state index contributed by atoms with van der Waals surface area (Å²) in [6.45, 7) is 0.146. The summed E-state index contributed by atoms with van der Waals surface area (Å²) in [6.07, 6.45) is 2.85. The first kappa shape index (κ1) is 14.7. The lowest BCUT2D eigenvalue weighted by Gasteiger charge is -2.34. The number of halogens is 1. The zero-order valence-corrected chi connectivity index (χ0v) is 12.9. The first-order valence-corrected chi connectivity index (χ1v) is 7.51. The average Bonchev–Trinajstić information content (AvgIpc) is 3.09. The van der Waals surface area contributed by atoms with Gasteiger partial charge in [-0.05, 0) is 36.7 Å². The summed E-state index contributed by atoms with van der Waals surface area (Å²) in [5, 5.41) is 25.0. The fourth-order valence-corrected chi connectivity index (χ4v) is 2.93. The Kier molecular flexibility index (Phi) is 3.65. The van der Waals surface area contributed by atoms with Gasteiger partial charge < -0.3 is 10.2 Å². The van der Waals surface area contributed by atoms with Gasteiger partial charge in [-0.2, -0.15) is 0 Å². The van der Waals surface area contributed by atoms with Crippen molar-refractivity contribution < 1.29 is 10.2 Å². The fraction of sp³-hybridized carbons (Fsp3) is 0.429. The van der Waals surface area contributed by atoms with Crippen molar-refractivity contribution in [1.29, 1.82) is 0 Å². The summed E-state index contributed by atoms with van der Waals surface area (Å²) in [5.74, 6) is 0. The number of hydrogen-bond donors (Lipinski definition) is 3. The molecule has 3 N–H and O–H groups in total. The van der Waals surface area contributed by atoms with Gasteiger partial charge in [-0.3, -0.25) is 9.78 Å². The zero-order chi connectivity index (χ0) is 15.1. The van der Waals surface area contributed by atoms with Gasteiger partial charge in [0.2, 0.25) is 4.77 Å². The Hall–Kier alpha value is -1.21. The molecule has 1 saturated carbocycles. The molecule has 3 rings (SSSR count). The van der Waals surface area contributed by atoms with Crippen molar-refractivity contribution in [2.75, 3.05) is 0 Å². The number of nitrogens with one attached hydrogen (secondary N) is 1. The van der Waals surface area contributed by atoms with Crippen LogP contribution in [0.1, 0.15) is 18.4 Å². The highest BCUT2D eigenvalue weighted by Crippen LogP contribution is 2.47. The molecule has 21 heavy (non-hydrogen) atoms. The summed E-state index contributed by atoms with van der Waals surface area (Å²) in [6, 6.07) is 7.32. The largest absolute Gasteiger partial charge is 0.387 e. The molecule has 1 aromatic carbocycles. The fourth-order valence-electron chi connectivity index (χ4n) is 2.56. The Morgan fingerprint density at radius 3 is 2.71 bits per heavy atom. The van der Waals surface area contributed by atoms with Crippen LogP contribution in [0.4, 0.5) is 0 Å². The summed E-state index contributed by atoms with van der Waals surface area (Å²) in [4.78, 5) is 3.93. The van der Waals surface area contributed by atoms with E-state index in [1.165, 1.54) is 6.33 Å². The van der Waals surface area contributed by atoms with Crippen LogP contribution in [0.2, 0.25) is 5.02 Å². The molecule has 1 unspecified atom stereocenters. The Morgan fingerprint density at radius 2 is 2.14 bits per heavy atom. The summed E-state index contributed by atoms with van der Waals surface area (Å²) < 4.78 is 1.90. The molecular formula is C14H16ClN3O2S. The molecule has 1 heterocycles. The van der Waals surface area contributed by atoms with Crippen molar-refractivity contribution >= 4 is 23.8 Å². The lowest BCUT2D eigenvalue weighted by atomic mass is 9.87. The molecule has 0 radical (unpaired) electrons. The Labute approximate surface area is 132 Å². The van der Waals surface area contributed by atoms with E-state index in [1.807, 2.05) is 18.2 Å². The number of aliphatic hydroxyl groups is 2. The van der Waals surface area contributed by atoms with E-state index in [2.05, 4.69) is 10.1 Å². The summed E-state index contributed by atoms with van der Waals surface area (Å²) in [5.41, 5.74) is -1.65. The maximum Gasteiger partial charge on any atom is 0.215 e. The monoisotopic (exact) mass is 325 g/mol. The topological polar surface area (TPSA) is 74.1 Å². The molecule has 1 aliphatic rings. The maximum absolute atomic E-state index is 11.1. The van der Waals surface area contributed by atoms with Crippen LogP contribution in [0.5, 0.6) is 0 Å². The lowest BCUT2D eigenvalue weighted by molar-refractivity contribution is -0.104. The third kappa shape index (κ3) is 2.76. The minimum atomic E-state index is -1.34. The Morgan fingerprint density at radius 1 is 1.43 bits per heavy atom. The van der Waals surface area contributed by atoms with Gasteiger partial charge >= 0.3 is 0 Å². The van der Waals surface area contributed by atoms with E-state index >= 15 is 0 Å². The molecule has 0 aliphatic heterocycles. The maximum atomic E-state index is 11.1. The molecule has 5 nitrogen and oxygen atoms in total. The molecule has 1 aromatic heterocycles. The minimum absolute atomic E-state index is 0.146. The van der Waals surface area contributed by atoms with Gasteiger partial charge in [0.1, 0.15) is 11.9 Å². The average molecular weight is 326 g/mol. The molecule has 112 valence electrons.